The Labute approximate surface area is 182 Å². The lowest BCUT2D eigenvalue weighted by Crippen LogP contribution is -1.99. The number of halogens is 1. The number of aromatic nitrogens is 5. The molecule has 0 amide bonds. The van der Waals surface area contributed by atoms with E-state index in [-0.39, 0.29) is 0 Å². The minimum absolute atomic E-state index is 0.359. The summed E-state index contributed by atoms with van der Waals surface area (Å²) < 4.78 is 8.26. The zero-order valence-electron chi connectivity index (χ0n) is 15.7. The van der Waals surface area contributed by atoms with E-state index >= 15 is 0 Å². The van der Waals surface area contributed by atoms with Crippen LogP contribution in [0.2, 0.25) is 5.02 Å². The number of rotatable bonds is 5. The number of hydrogen-bond acceptors (Lipinski definition) is 4. The fourth-order valence-electron chi connectivity index (χ4n) is 3.25. The number of nitrogens with one attached hydrogen (secondary N) is 2. The molecule has 0 saturated heterocycles. The van der Waals surface area contributed by atoms with Crippen molar-refractivity contribution in [3.05, 3.63) is 88.4 Å². The average molecular weight is 434 g/mol. The van der Waals surface area contributed by atoms with Crippen LogP contribution in [0.3, 0.4) is 0 Å². The molecule has 0 unspecified atom stereocenters. The summed E-state index contributed by atoms with van der Waals surface area (Å²) >= 11 is 11.4. The van der Waals surface area contributed by atoms with Gasteiger partial charge in [-0.3, -0.25) is 9.67 Å². The van der Waals surface area contributed by atoms with Crippen molar-refractivity contribution < 1.29 is 4.74 Å². The smallest absolute Gasteiger partial charge is 0.200 e. The minimum atomic E-state index is 0.359. The van der Waals surface area contributed by atoms with Crippen LogP contribution in [0.25, 0.3) is 28.1 Å². The van der Waals surface area contributed by atoms with Gasteiger partial charge in [-0.25, -0.2) is 4.98 Å². The summed E-state index contributed by atoms with van der Waals surface area (Å²) in [5.74, 6) is 2.24. The highest BCUT2D eigenvalue weighted by Crippen LogP contribution is 2.25. The number of imidazole rings is 1. The van der Waals surface area contributed by atoms with E-state index < -0.39 is 0 Å². The van der Waals surface area contributed by atoms with Crippen molar-refractivity contribution in [3.8, 4) is 22.8 Å². The van der Waals surface area contributed by atoms with Crippen LogP contribution in [0.1, 0.15) is 5.82 Å². The molecule has 2 heterocycles. The first-order valence-corrected chi connectivity index (χ1v) is 10.1. The van der Waals surface area contributed by atoms with Crippen LogP contribution < -0.4 is 4.74 Å². The van der Waals surface area contributed by atoms with Gasteiger partial charge in [0.15, 0.2) is 10.6 Å². The Kier molecular flexibility index (Phi) is 4.82. The molecule has 0 aliphatic rings. The van der Waals surface area contributed by atoms with E-state index in [1.54, 1.807) is 0 Å². The summed E-state index contributed by atoms with van der Waals surface area (Å²) in [7, 11) is 0. The predicted molar refractivity (Wildman–Crippen MR) is 120 cm³/mol. The second-order valence-electron chi connectivity index (χ2n) is 6.68. The first kappa shape index (κ1) is 18.6. The molecule has 0 spiro atoms. The molecular weight excluding hydrogens is 418 g/mol. The van der Waals surface area contributed by atoms with Crippen molar-refractivity contribution in [3.63, 3.8) is 0 Å². The topological polar surface area (TPSA) is 71.5 Å². The van der Waals surface area contributed by atoms with E-state index in [1.807, 2.05) is 77.4 Å². The van der Waals surface area contributed by atoms with Crippen LogP contribution in [0.5, 0.6) is 5.75 Å². The molecule has 5 rings (SSSR count). The molecule has 0 aliphatic carbocycles. The van der Waals surface area contributed by atoms with E-state index in [0.717, 1.165) is 33.9 Å². The lowest BCUT2D eigenvalue weighted by molar-refractivity contribution is 0.297. The van der Waals surface area contributed by atoms with Gasteiger partial charge in [-0.05, 0) is 72.9 Å². The molecule has 30 heavy (non-hydrogen) atoms. The van der Waals surface area contributed by atoms with Crippen molar-refractivity contribution in [2.75, 3.05) is 0 Å². The van der Waals surface area contributed by atoms with E-state index in [9.17, 15) is 0 Å². The van der Waals surface area contributed by atoms with E-state index in [2.05, 4.69) is 20.2 Å². The molecule has 2 N–H and O–H groups in total. The maximum atomic E-state index is 6.00. The highest BCUT2D eigenvalue weighted by Gasteiger charge is 2.11. The number of para-hydroxylation sites is 2. The van der Waals surface area contributed by atoms with Gasteiger partial charge in [0.1, 0.15) is 18.2 Å². The summed E-state index contributed by atoms with van der Waals surface area (Å²) in [5.41, 5.74) is 3.72. The Morgan fingerprint density at radius 2 is 1.73 bits per heavy atom. The Balaban J connectivity index is 1.36. The fraction of sp³-hybridized carbons (Fsp3) is 0.0455. The van der Waals surface area contributed by atoms with Gasteiger partial charge in [0.25, 0.3) is 0 Å². The fourth-order valence-corrected chi connectivity index (χ4v) is 3.61. The molecule has 5 aromatic rings. The third-order valence-electron chi connectivity index (χ3n) is 4.68. The highest BCUT2D eigenvalue weighted by atomic mass is 35.5. The normalized spacial score (nSPS) is 11.1. The van der Waals surface area contributed by atoms with Crippen molar-refractivity contribution >= 4 is 34.9 Å². The van der Waals surface area contributed by atoms with Gasteiger partial charge < -0.3 is 9.72 Å². The third-order valence-corrected chi connectivity index (χ3v) is 5.21. The van der Waals surface area contributed by atoms with Gasteiger partial charge in [0.2, 0.25) is 0 Å². The summed E-state index contributed by atoms with van der Waals surface area (Å²) in [6.07, 6.45) is 0. The molecule has 0 aliphatic heterocycles. The maximum absolute atomic E-state index is 6.00. The van der Waals surface area contributed by atoms with E-state index in [1.165, 1.54) is 0 Å². The van der Waals surface area contributed by atoms with Crippen molar-refractivity contribution in [2.45, 2.75) is 6.61 Å². The Morgan fingerprint density at radius 3 is 2.50 bits per heavy atom. The Bertz CT molecular complexity index is 1340. The number of fused-ring (bicyclic) bond motifs is 1. The predicted octanol–water partition coefficient (Wildman–Crippen LogP) is 5.71. The second-order valence-corrected chi connectivity index (χ2v) is 7.50. The molecular formula is C22H16ClN5OS. The first-order chi connectivity index (χ1) is 14.7. The summed E-state index contributed by atoms with van der Waals surface area (Å²) in [6, 6.07) is 23.1. The third kappa shape index (κ3) is 3.60. The number of ether oxygens (including phenoxy) is 1. The molecule has 148 valence electrons. The molecule has 0 saturated carbocycles. The molecule has 0 atom stereocenters. The van der Waals surface area contributed by atoms with Gasteiger partial charge in [-0.1, -0.05) is 23.7 Å². The van der Waals surface area contributed by atoms with Crippen molar-refractivity contribution in [2.24, 2.45) is 0 Å². The molecule has 0 fully saturated rings. The number of aromatic amines is 2. The SMILES string of the molecule is S=c1[nH]nc(-c2ccc(OCc3nc4ccccc4[nH]3)cc2)n1-c1ccc(Cl)cc1. The quantitative estimate of drug-likeness (QED) is 0.348. The first-order valence-electron chi connectivity index (χ1n) is 9.27. The van der Waals surface area contributed by atoms with Gasteiger partial charge in [0, 0.05) is 10.6 Å². The van der Waals surface area contributed by atoms with Crippen LogP contribution in [0.4, 0.5) is 0 Å². The summed E-state index contributed by atoms with van der Waals surface area (Å²) in [4.78, 5) is 7.79. The number of benzene rings is 3. The summed E-state index contributed by atoms with van der Waals surface area (Å²) in [5, 5.41) is 7.92. The van der Waals surface area contributed by atoms with E-state index in [0.29, 0.717) is 22.2 Å². The van der Waals surface area contributed by atoms with Gasteiger partial charge in [-0.15, -0.1) is 0 Å². The van der Waals surface area contributed by atoms with Gasteiger partial charge >= 0.3 is 0 Å². The molecule has 3 aromatic carbocycles. The number of nitrogens with zero attached hydrogens (tertiary/aromatic N) is 3. The zero-order chi connectivity index (χ0) is 20.5. The standard InChI is InChI=1S/C22H16ClN5OS/c23-15-7-9-16(10-8-15)28-21(26-27-22(28)30)14-5-11-17(12-6-14)29-13-20-24-18-3-1-2-4-19(18)25-20/h1-12H,13H2,(H,24,25)(H,27,30). The van der Waals surface area contributed by atoms with E-state index in [4.69, 9.17) is 28.6 Å². The van der Waals surface area contributed by atoms with Crippen LogP contribution in [-0.2, 0) is 6.61 Å². The Hall–Kier alpha value is -3.42. The van der Waals surface area contributed by atoms with Crippen LogP contribution in [0.15, 0.2) is 72.8 Å². The molecule has 2 aromatic heterocycles. The van der Waals surface area contributed by atoms with Crippen LogP contribution in [-0.4, -0.2) is 24.7 Å². The number of H-pyrrole nitrogens is 2. The average Bonchev–Trinajstić information content (AvgIpc) is 3.36. The minimum Gasteiger partial charge on any atom is -0.486 e. The zero-order valence-corrected chi connectivity index (χ0v) is 17.2. The largest absolute Gasteiger partial charge is 0.486 e. The number of hydrogen-bond donors (Lipinski definition) is 2. The molecule has 0 radical (unpaired) electrons. The summed E-state index contributed by atoms with van der Waals surface area (Å²) in [6.45, 7) is 0.359. The van der Waals surface area contributed by atoms with Crippen LogP contribution in [0, 0.1) is 4.77 Å². The monoisotopic (exact) mass is 433 g/mol. The molecule has 6 nitrogen and oxygen atoms in total. The lowest BCUT2D eigenvalue weighted by atomic mass is 10.2. The van der Waals surface area contributed by atoms with Crippen molar-refractivity contribution in [1.82, 2.24) is 24.7 Å². The maximum Gasteiger partial charge on any atom is 0.200 e. The Morgan fingerprint density at radius 1 is 0.967 bits per heavy atom. The molecule has 8 heteroatoms. The van der Waals surface area contributed by atoms with Gasteiger partial charge in [-0.2, -0.15) is 5.10 Å². The van der Waals surface area contributed by atoms with Crippen molar-refractivity contribution in [1.29, 1.82) is 0 Å². The highest BCUT2D eigenvalue weighted by molar-refractivity contribution is 7.71. The second kappa shape index (κ2) is 7.78. The lowest BCUT2D eigenvalue weighted by Gasteiger charge is -2.08. The van der Waals surface area contributed by atoms with Crippen LogP contribution >= 0.6 is 23.8 Å². The molecule has 0 bridgehead atoms. The van der Waals surface area contributed by atoms with Gasteiger partial charge in [0.05, 0.1) is 16.7 Å².